The van der Waals surface area contributed by atoms with E-state index in [-0.39, 0.29) is 17.3 Å². The molecule has 1 atom stereocenters. The molecule has 1 aliphatic rings. The highest BCUT2D eigenvalue weighted by Crippen LogP contribution is 2.32. The Morgan fingerprint density at radius 3 is 2.49 bits per heavy atom. The first-order valence-corrected chi connectivity index (χ1v) is 14.2. The van der Waals surface area contributed by atoms with Crippen molar-refractivity contribution in [2.45, 2.75) is 31.2 Å². The number of carbonyl (C=O) groups excluding carboxylic acids is 1. The number of rotatable bonds is 5. The molecule has 1 amide bonds. The highest BCUT2D eigenvalue weighted by atomic mass is 32.2. The van der Waals surface area contributed by atoms with Crippen LogP contribution in [0.15, 0.2) is 89.8 Å². The lowest BCUT2D eigenvalue weighted by molar-refractivity contribution is -0.120. The van der Waals surface area contributed by atoms with Crippen LogP contribution in [0.5, 0.6) is 0 Å². The number of sulfonamides is 1. The van der Waals surface area contributed by atoms with Gasteiger partial charge in [-0.25, -0.2) is 8.42 Å². The number of nitrogens with one attached hydrogen (secondary N) is 1. The molecule has 1 N–H and O–H groups in total. The smallest absolute Gasteiger partial charge is 0.243 e. The molecule has 0 unspecified atom stereocenters. The standard InChI is InChI=1S/C30H29N3O3S/c1-2-33-28-12-6-5-11-26(28)27-19-24(14-16-29(27)33)31-30(34)23-10-7-17-32(20-23)37(35,36)25-15-13-21-8-3-4-9-22(21)18-25/h3-6,8-9,11-16,18-19,23H,2,7,10,17,20H2,1H3,(H,31,34)/t23-/m0/s1. The number of hydrogen-bond donors (Lipinski definition) is 1. The Balaban J connectivity index is 1.23. The van der Waals surface area contributed by atoms with E-state index in [1.54, 1.807) is 12.1 Å². The summed E-state index contributed by atoms with van der Waals surface area (Å²) in [5, 5.41) is 7.19. The second-order valence-corrected chi connectivity index (χ2v) is 11.6. The number of hydrogen-bond acceptors (Lipinski definition) is 3. The van der Waals surface area contributed by atoms with Crippen LogP contribution in [-0.4, -0.2) is 36.3 Å². The Morgan fingerprint density at radius 2 is 1.65 bits per heavy atom. The van der Waals surface area contributed by atoms with E-state index in [1.807, 2.05) is 60.7 Å². The Kier molecular flexibility index (Phi) is 5.97. The van der Waals surface area contributed by atoms with Crippen LogP contribution in [0.4, 0.5) is 5.69 Å². The summed E-state index contributed by atoms with van der Waals surface area (Å²) in [5.41, 5.74) is 3.03. The molecule has 6 nitrogen and oxygen atoms in total. The lowest BCUT2D eigenvalue weighted by Gasteiger charge is -2.31. The highest BCUT2D eigenvalue weighted by Gasteiger charge is 2.33. The molecule has 1 aliphatic heterocycles. The third kappa shape index (κ3) is 4.18. The molecule has 0 spiro atoms. The second kappa shape index (κ2) is 9.32. The fraction of sp³-hybridized carbons (Fsp3) is 0.233. The van der Waals surface area contributed by atoms with Gasteiger partial charge in [-0.15, -0.1) is 0 Å². The van der Waals surface area contributed by atoms with Crippen LogP contribution in [-0.2, 0) is 21.4 Å². The predicted molar refractivity (Wildman–Crippen MR) is 149 cm³/mol. The zero-order valence-corrected chi connectivity index (χ0v) is 21.5. The summed E-state index contributed by atoms with van der Waals surface area (Å²) in [6, 6.07) is 27.2. The van der Waals surface area contributed by atoms with Crippen LogP contribution in [0.2, 0.25) is 0 Å². The number of carbonyl (C=O) groups is 1. The van der Waals surface area contributed by atoms with Gasteiger partial charge in [0.1, 0.15) is 0 Å². The minimum Gasteiger partial charge on any atom is -0.341 e. The minimum absolute atomic E-state index is 0.142. The van der Waals surface area contributed by atoms with Crippen molar-refractivity contribution in [3.05, 3.63) is 84.9 Å². The van der Waals surface area contributed by atoms with Crippen LogP contribution < -0.4 is 5.32 Å². The molecule has 188 valence electrons. The van der Waals surface area contributed by atoms with Crippen molar-refractivity contribution in [2.75, 3.05) is 18.4 Å². The average Bonchev–Trinajstić information content (AvgIpc) is 3.25. The first-order chi connectivity index (χ1) is 18.0. The highest BCUT2D eigenvalue weighted by molar-refractivity contribution is 7.89. The minimum atomic E-state index is -3.70. The van der Waals surface area contributed by atoms with Crippen molar-refractivity contribution >= 4 is 54.2 Å². The van der Waals surface area contributed by atoms with Gasteiger partial charge in [0, 0.05) is 47.1 Å². The third-order valence-corrected chi connectivity index (χ3v) is 9.33. The molecule has 7 heteroatoms. The molecule has 2 heterocycles. The molecule has 0 aliphatic carbocycles. The fourth-order valence-electron chi connectivity index (χ4n) is 5.57. The topological polar surface area (TPSA) is 71.4 Å². The lowest BCUT2D eigenvalue weighted by Crippen LogP contribution is -2.43. The molecule has 6 rings (SSSR count). The Hall–Kier alpha value is -3.68. The van der Waals surface area contributed by atoms with Crippen LogP contribution in [0.3, 0.4) is 0 Å². The van der Waals surface area contributed by atoms with Crippen molar-refractivity contribution < 1.29 is 13.2 Å². The molecule has 4 aromatic carbocycles. The number of aryl methyl sites for hydroxylation is 1. The summed E-state index contributed by atoms with van der Waals surface area (Å²) in [7, 11) is -3.70. The van der Waals surface area contributed by atoms with Gasteiger partial charge >= 0.3 is 0 Å². The van der Waals surface area contributed by atoms with Crippen molar-refractivity contribution in [3.8, 4) is 0 Å². The van der Waals surface area contributed by atoms with E-state index in [9.17, 15) is 13.2 Å². The monoisotopic (exact) mass is 511 g/mol. The maximum absolute atomic E-state index is 13.5. The third-order valence-electron chi connectivity index (χ3n) is 7.47. The van der Waals surface area contributed by atoms with E-state index in [4.69, 9.17) is 0 Å². The molecule has 1 aromatic heterocycles. The zero-order chi connectivity index (χ0) is 25.6. The van der Waals surface area contributed by atoms with Gasteiger partial charge in [0.2, 0.25) is 15.9 Å². The normalized spacial score (nSPS) is 16.9. The van der Waals surface area contributed by atoms with Crippen molar-refractivity contribution in [1.82, 2.24) is 8.87 Å². The van der Waals surface area contributed by atoms with Crippen molar-refractivity contribution in [2.24, 2.45) is 5.92 Å². The molecule has 0 saturated carbocycles. The molecule has 0 bridgehead atoms. The quantitative estimate of drug-likeness (QED) is 0.314. The van der Waals surface area contributed by atoms with Crippen LogP contribution in [0.25, 0.3) is 32.6 Å². The molecule has 1 fully saturated rings. The van der Waals surface area contributed by atoms with Crippen molar-refractivity contribution in [3.63, 3.8) is 0 Å². The summed E-state index contributed by atoms with van der Waals surface area (Å²) >= 11 is 0. The van der Waals surface area contributed by atoms with Gasteiger partial charge in [0.25, 0.3) is 0 Å². The van der Waals surface area contributed by atoms with E-state index < -0.39 is 15.9 Å². The van der Waals surface area contributed by atoms with Crippen molar-refractivity contribution in [1.29, 1.82) is 0 Å². The number of amides is 1. The number of benzene rings is 4. The van der Waals surface area contributed by atoms with Gasteiger partial charge in [-0.3, -0.25) is 4.79 Å². The number of piperidine rings is 1. The predicted octanol–water partition coefficient (Wildman–Crippen LogP) is 6.01. The summed E-state index contributed by atoms with van der Waals surface area (Å²) in [4.78, 5) is 13.5. The molecular formula is C30H29N3O3S. The van der Waals surface area contributed by atoms with E-state index >= 15 is 0 Å². The zero-order valence-electron chi connectivity index (χ0n) is 20.7. The number of para-hydroxylation sites is 1. The van der Waals surface area contributed by atoms with E-state index in [1.165, 1.54) is 9.82 Å². The maximum Gasteiger partial charge on any atom is 0.243 e. The molecule has 37 heavy (non-hydrogen) atoms. The van der Waals surface area contributed by atoms with Gasteiger partial charge in [-0.2, -0.15) is 4.31 Å². The Morgan fingerprint density at radius 1 is 0.892 bits per heavy atom. The number of fused-ring (bicyclic) bond motifs is 4. The van der Waals surface area contributed by atoms with E-state index in [0.29, 0.717) is 19.4 Å². The first kappa shape index (κ1) is 23.7. The second-order valence-electron chi connectivity index (χ2n) is 9.69. The summed E-state index contributed by atoms with van der Waals surface area (Å²) in [6.45, 7) is 3.58. The molecule has 5 aromatic rings. The van der Waals surface area contributed by atoms with Gasteiger partial charge < -0.3 is 9.88 Å². The summed E-state index contributed by atoms with van der Waals surface area (Å²) in [5.74, 6) is -0.548. The van der Waals surface area contributed by atoms with Gasteiger partial charge in [-0.1, -0.05) is 48.5 Å². The van der Waals surface area contributed by atoms with Gasteiger partial charge in [0.15, 0.2) is 0 Å². The Labute approximate surface area is 216 Å². The average molecular weight is 512 g/mol. The number of nitrogens with zero attached hydrogens (tertiary/aromatic N) is 2. The summed E-state index contributed by atoms with van der Waals surface area (Å²) < 4.78 is 30.6. The SMILES string of the molecule is CCn1c2ccccc2c2cc(NC(=O)[C@H]3CCCN(S(=O)(=O)c4ccc5ccccc5c4)C3)ccc21. The first-order valence-electron chi connectivity index (χ1n) is 12.8. The number of aromatic nitrogens is 1. The Bertz CT molecular complexity index is 1760. The maximum atomic E-state index is 13.5. The van der Waals surface area contributed by atoms with Crippen LogP contribution >= 0.6 is 0 Å². The van der Waals surface area contributed by atoms with Crippen LogP contribution in [0.1, 0.15) is 19.8 Å². The largest absolute Gasteiger partial charge is 0.341 e. The molecule has 0 radical (unpaired) electrons. The lowest BCUT2D eigenvalue weighted by atomic mass is 9.98. The fourth-order valence-corrected chi connectivity index (χ4v) is 7.13. The van der Waals surface area contributed by atoms with E-state index in [0.717, 1.165) is 39.3 Å². The van der Waals surface area contributed by atoms with Gasteiger partial charge in [0.05, 0.1) is 10.8 Å². The van der Waals surface area contributed by atoms with Crippen LogP contribution in [0, 0.1) is 5.92 Å². The molecule has 1 saturated heterocycles. The van der Waals surface area contributed by atoms with E-state index in [2.05, 4.69) is 28.9 Å². The summed E-state index contributed by atoms with van der Waals surface area (Å²) in [6.07, 6.45) is 1.31. The molecular weight excluding hydrogens is 482 g/mol. The van der Waals surface area contributed by atoms with Gasteiger partial charge in [-0.05, 0) is 66.9 Å². The number of anilines is 1.